The van der Waals surface area contributed by atoms with Crippen molar-refractivity contribution >= 4 is 32.7 Å². The Morgan fingerprint density at radius 2 is 1.05 bits per heavy atom. The van der Waals surface area contributed by atoms with Crippen LogP contribution in [0.25, 0.3) is 66.9 Å². The molecule has 0 unspecified atom stereocenters. The highest BCUT2D eigenvalue weighted by atomic mass is 15.2. The first-order valence-electron chi connectivity index (χ1n) is 13.4. The molecule has 0 radical (unpaired) electrons. The summed E-state index contributed by atoms with van der Waals surface area (Å²) in [6.45, 7) is 0. The van der Waals surface area contributed by atoms with Gasteiger partial charge in [-0.05, 0) is 42.5 Å². The number of benzene rings is 5. The second kappa shape index (κ2) is 9.07. The molecule has 4 heteroatoms. The van der Waals surface area contributed by atoms with Crippen LogP contribution in [0.3, 0.4) is 0 Å². The van der Waals surface area contributed by atoms with Crippen molar-refractivity contribution in [2.45, 2.75) is 0 Å². The molecule has 8 rings (SSSR count). The summed E-state index contributed by atoms with van der Waals surface area (Å²) in [7, 11) is 0. The average molecular weight is 513 g/mol. The van der Waals surface area contributed by atoms with Gasteiger partial charge in [-0.25, -0.2) is 9.97 Å². The average Bonchev–Trinajstić information content (AvgIpc) is 3.59. The van der Waals surface area contributed by atoms with E-state index in [0.717, 1.165) is 44.8 Å². The third kappa shape index (κ3) is 3.62. The first-order valence-corrected chi connectivity index (χ1v) is 13.4. The summed E-state index contributed by atoms with van der Waals surface area (Å²) in [5.41, 5.74) is 8.34. The lowest BCUT2D eigenvalue weighted by molar-refractivity contribution is 0.995. The maximum atomic E-state index is 5.17. The Morgan fingerprint density at radius 3 is 1.73 bits per heavy atom. The molecule has 0 bridgehead atoms. The molecule has 188 valence electrons. The van der Waals surface area contributed by atoms with Crippen molar-refractivity contribution in [1.82, 2.24) is 19.1 Å². The first-order chi connectivity index (χ1) is 19.8. The quantitative estimate of drug-likeness (QED) is 0.236. The standard InChI is InChI=1S/C36H24N4/c1-4-12-25(13-5-1)31-23-32(26-14-6-2-7-15-26)38-36(37-31)40-33-19-11-10-18-29(33)30-22-27-20-21-39(34(27)24-35(30)40)28-16-8-3-9-17-28/h1-24H. The molecule has 0 N–H and O–H groups in total. The Balaban J connectivity index is 1.45. The molecular formula is C36H24N4. The summed E-state index contributed by atoms with van der Waals surface area (Å²) in [6.07, 6.45) is 2.14. The topological polar surface area (TPSA) is 35.6 Å². The Labute approximate surface area is 231 Å². The van der Waals surface area contributed by atoms with Gasteiger partial charge in [0.1, 0.15) is 0 Å². The minimum atomic E-state index is 0.656. The monoisotopic (exact) mass is 512 g/mol. The third-order valence-electron chi connectivity index (χ3n) is 7.57. The lowest BCUT2D eigenvalue weighted by atomic mass is 10.1. The van der Waals surface area contributed by atoms with Crippen molar-refractivity contribution < 1.29 is 0 Å². The second-order valence-corrected chi connectivity index (χ2v) is 9.97. The summed E-state index contributed by atoms with van der Waals surface area (Å²) in [5, 5.41) is 3.56. The van der Waals surface area contributed by atoms with Crippen molar-refractivity contribution in [2.75, 3.05) is 0 Å². The smallest absolute Gasteiger partial charge is 0.235 e. The number of hydrogen-bond donors (Lipinski definition) is 0. The van der Waals surface area contributed by atoms with Crippen LogP contribution in [-0.4, -0.2) is 19.1 Å². The molecule has 0 fully saturated rings. The summed E-state index contributed by atoms with van der Waals surface area (Å²) in [4.78, 5) is 10.3. The fourth-order valence-corrected chi connectivity index (χ4v) is 5.68. The summed E-state index contributed by atoms with van der Waals surface area (Å²) in [6, 6.07) is 48.5. The van der Waals surface area contributed by atoms with E-state index >= 15 is 0 Å². The number of hydrogen-bond acceptors (Lipinski definition) is 2. The van der Waals surface area contributed by atoms with E-state index in [2.05, 4.69) is 112 Å². The molecule has 5 aromatic carbocycles. The van der Waals surface area contributed by atoms with Gasteiger partial charge in [0.2, 0.25) is 5.95 Å². The lowest BCUT2D eigenvalue weighted by Crippen LogP contribution is -2.04. The predicted octanol–water partition coefficient (Wildman–Crippen LogP) is 8.85. The van der Waals surface area contributed by atoms with E-state index in [9.17, 15) is 0 Å². The van der Waals surface area contributed by atoms with E-state index in [1.54, 1.807) is 0 Å². The SMILES string of the molecule is c1ccc(-c2cc(-c3ccccc3)nc(-n3c4ccccc4c4cc5ccn(-c6ccccc6)c5cc43)n2)cc1. The van der Waals surface area contributed by atoms with Crippen LogP contribution in [0.2, 0.25) is 0 Å². The van der Waals surface area contributed by atoms with Gasteiger partial charge < -0.3 is 4.57 Å². The van der Waals surface area contributed by atoms with E-state index in [1.807, 2.05) is 42.5 Å². The highest BCUT2D eigenvalue weighted by molar-refractivity contribution is 6.13. The number of aromatic nitrogens is 4. The fraction of sp³-hybridized carbons (Fsp3) is 0. The predicted molar refractivity (Wildman–Crippen MR) is 164 cm³/mol. The minimum absolute atomic E-state index is 0.656. The summed E-state index contributed by atoms with van der Waals surface area (Å²) in [5.74, 6) is 0.656. The normalized spacial score (nSPS) is 11.5. The van der Waals surface area contributed by atoms with E-state index < -0.39 is 0 Å². The molecule has 0 saturated heterocycles. The zero-order chi connectivity index (χ0) is 26.5. The van der Waals surface area contributed by atoms with Crippen LogP contribution in [0.5, 0.6) is 0 Å². The molecule has 4 nitrogen and oxygen atoms in total. The maximum absolute atomic E-state index is 5.17. The molecule has 0 spiro atoms. The van der Waals surface area contributed by atoms with Crippen LogP contribution in [0.4, 0.5) is 0 Å². The van der Waals surface area contributed by atoms with Crippen molar-refractivity contribution in [3.05, 3.63) is 146 Å². The third-order valence-corrected chi connectivity index (χ3v) is 7.57. The van der Waals surface area contributed by atoms with Crippen molar-refractivity contribution in [2.24, 2.45) is 0 Å². The van der Waals surface area contributed by atoms with Gasteiger partial charge >= 0.3 is 0 Å². The van der Waals surface area contributed by atoms with Gasteiger partial charge in [-0.3, -0.25) is 4.57 Å². The van der Waals surface area contributed by atoms with Crippen LogP contribution < -0.4 is 0 Å². The Morgan fingerprint density at radius 1 is 0.450 bits per heavy atom. The molecule has 0 aliphatic rings. The molecule has 0 aliphatic heterocycles. The first kappa shape index (κ1) is 22.5. The Hall–Kier alpha value is -5.48. The van der Waals surface area contributed by atoms with Gasteiger partial charge in [-0.15, -0.1) is 0 Å². The highest BCUT2D eigenvalue weighted by Gasteiger charge is 2.18. The number of rotatable bonds is 4. The van der Waals surface area contributed by atoms with Crippen LogP contribution >= 0.6 is 0 Å². The zero-order valence-corrected chi connectivity index (χ0v) is 21.6. The van der Waals surface area contributed by atoms with Gasteiger partial charge in [0, 0.05) is 39.2 Å². The number of para-hydroxylation sites is 2. The Kier molecular flexibility index (Phi) is 5.10. The summed E-state index contributed by atoms with van der Waals surface area (Å²) < 4.78 is 4.46. The van der Waals surface area contributed by atoms with Crippen molar-refractivity contribution in [3.63, 3.8) is 0 Å². The number of nitrogens with zero attached hydrogens (tertiary/aromatic N) is 4. The van der Waals surface area contributed by atoms with Crippen molar-refractivity contribution in [1.29, 1.82) is 0 Å². The van der Waals surface area contributed by atoms with Crippen LogP contribution in [0, 0.1) is 0 Å². The molecular weight excluding hydrogens is 488 g/mol. The van der Waals surface area contributed by atoms with Gasteiger partial charge in [-0.1, -0.05) is 97.1 Å². The van der Waals surface area contributed by atoms with Crippen LogP contribution in [0.15, 0.2) is 146 Å². The lowest BCUT2D eigenvalue weighted by Gasteiger charge is -2.12. The maximum Gasteiger partial charge on any atom is 0.235 e. The molecule has 0 atom stereocenters. The van der Waals surface area contributed by atoms with Crippen molar-refractivity contribution in [3.8, 4) is 34.2 Å². The molecule has 3 heterocycles. The molecule has 0 amide bonds. The number of fused-ring (bicyclic) bond motifs is 4. The van der Waals surface area contributed by atoms with Gasteiger partial charge in [-0.2, -0.15) is 0 Å². The van der Waals surface area contributed by atoms with E-state index in [4.69, 9.17) is 9.97 Å². The molecule has 0 aliphatic carbocycles. The molecule has 0 saturated carbocycles. The van der Waals surface area contributed by atoms with Crippen LogP contribution in [-0.2, 0) is 0 Å². The zero-order valence-electron chi connectivity index (χ0n) is 21.6. The molecule has 8 aromatic rings. The minimum Gasteiger partial charge on any atom is -0.316 e. The van der Waals surface area contributed by atoms with E-state index in [-0.39, 0.29) is 0 Å². The van der Waals surface area contributed by atoms with E-state index in [1.165, 1.54) is 16.2 Å². The molecule has 40 heavy (non-hydrogen) atoms. The highest BCUT2D eigenvalue weighted by Crippen LogP contribution is 2.36. The second-order valence-electron chi connectivity index (χ2n) is 9.97. The summed E-state index contributed by atoms with van der Waals surface area (Å²) >= 11 is 0. The largest absolute Gasteiger partial charge is 0.316 e. The molecule has 3 aromatic heterocycles. The Bertz CT molecular complexity index is 2080. The van der Waals surface area contributed by atoms with E-state index in [0.29, 0.717) is 5.95 Å². The van der Waals surface area contributed by atoms with Gasteiger partial charge in [0.05, 0.1) is 27.9 Å². The fourth-order valence-electron chi connectivity index (χ4n) is 5.68. The van der Waals surface area contributed by atoms with Crippen LogP contribution in [0.1, 0.15) is 0 Å². The van der Waals surface area contributed by atoms with Gasteiger partial charge in [0.25, 0.3) is 0 Å². The van der Waals surface area contributed by atoms with Gasteiger partial charge in [0.15, 0.2) is 0 Å².